The van der Waals surface area contributed by atoms with E-state index in [1.807, 2.05) is 0 Å². The van der Waals surface area contributed by atoms with Crippen LogP contribution in [0.4, 0.5) is 5.69 Å². The summed E-state index contributed by atoms with van der Waals surface area (Å²) < 4.78 is 11.9. The number of ether oxygens (including phenoxy) is 2. The van der Waals surface area contributed by atoms with Crippen LogP contribution in [0.2, 0.25) is 0 Å². The maximum atomic E-state index is 6.04. The van der Waals surface area contributed by atoms with Crippen molar-refractivity contribution in [3.63, 3.8) is 0 Å². The molecule has 5 nitrogen and oxygen atoms in total. The second kappa shape index (κ2) is 7.81. The molecule has 6 heteroatoms. The summed E-state index contributed by atoms with van der Waals surface area (Å²) in [7, 11) is 0. The molecule has 128 valence electrons. The van der Waals surface area contributed by atoms with Crippen molar-refractivity contribution < 1.29 is 9.47 Å². The van der Waals surface area contributed by atoms with E-state index >= 15 is 0 Å². The van der Waals surface area contributed by atoms with Gasteiger partial charge in [0.15, 0.2) is 11.7 Å². The maximum absolute atomic E-state index is 6.04. The molecule has 1 heterocycles. The first-order chi connectivity index (χ1) is 10.5. The van der Waals surface area contributed by atoms with Crippen LogP contribution in [0.25, 0.3) is 0 Å². The van der Waals surface area contributed by atoms with Crippen molar-refractivity contribution in [1.29, 1.82) is 0 Å². The molecule has 23 heavy (non-hydrogen) atoms. The molecule has 3 rings (SSSR count). The zero-order valence-corrected chi connectivity index (χ0v) is 16.1. The fourth-order valence-corrected chi connectivity index (χ4v) is 3.32. The number of nitrogens with one attached hydrogen (secondary N) is 1. The van der Waals surface area contributed by atoms with Crippen molar-refractivity contribution in [2.45, 2.75) is 51.4 Å². The van der Waals surface area contributed by atoms with E-state index in [1.54, 1.807) is 0 Å². The van der Waals surface area contributed by atoms with E-state index in [9.17, 15) is 0 Å². The average Bonchev–Trinajstić information content (AvgIpc) is 3.06. The molecule has 0 bridgehead atoms. The highest BCUT2D eigenvalue weighted by atomic mass is 127. The molecule has 0 radical (unpaired) electrons. The van der Waals surface area contributed by atoms with Crippen LogP contribution in [0.3, 0.4) is 0 Å². The number of hydrogen-bond acceptors (Lipinski definition) is 3. The topological polar surface area (TPSA) is 68.9 Å². The number of anilines is 1. The third kappa shape index (κ3) is 4.81. The molecule has 1 unspecified atom stereocenters. The zero-order chi connectivity index (χ0) is 15.6. The summed E-state index contributed by atoms with van der Waals surface area (Å²) >= 11 is 0. The monoisotopic (exact) mass is 431 g/mol. The van der Waals surface area contributed by atoms with E-state index in [0.29, 0.717) is 19.1 Å². The van der Waals surface area contributed by atoms with Gasteiger partial charge in [0.25, 0.3) is 0 Å². The quantitative estimate of drug-likeness (QED) is 0.438. The minimum atomic E-state index is -0.323. The van der Waals surface area contributed by atoms with Crippen LogP contribution in [0, 0.1) is 13.8 Å². The Morgan fingerprint density at radius 2 is 1.91 bits per heavy atom. The molecule has 1 aliphatic carbocycles. The first-order valence-corrected chi connectivity index (χ1v) is 8.02. The van der Waals surface area contributed by atoms with E-state index < -0.39 is 0 Å². The summed E-state index contributed by atoms with van der Waals surface area (Å²) in [6.45, 7) is 5.28. The van der Waals surface area contributed by atoms with E-state index in [0.717, 1.165) is 18.5 Å². The largest absolute Gasteiger partial charge is 0.370 e. The van der Waals surface area contributed by atoms with Gasteiger partial charge in [-0.3, -0.25) is 4.99 Å². The van der Waals surface area contributed by atoms with E-state index in [2.05, 4.69) is 42.4 Å². The first-order valence-electron chi connectivity index (χ1n) is 8.02. The lowest BCUT2D eigenvalue weighted by molar-refractivity contribution is -0.160. The predicted molar refractivity (Wildman–Crippen MR) is 103 cm³/mol. The van der Waals surface area contributed by atoms with Gasteiger partial charge in [-0.15, -0.1) is 24.0 Å². The number of nitrogens with zero attached hydrogens (tertiary/aromatic N) is 1. The van der Waals surface area contributed by atoms with Gasteiger partial charge >= 0.3 is 0 Å². The Morgan fingerprint density at radius 1 is 1.26 bits per heavy atom. The molecule has 1 aromatic rings. The summed E-state index contributed by atoms with van der Waals surface area (Å²) in [6.07, 6.45) is 4.39. The van der Waals surface area contributed by atoms with Crippen molar-refractivity contribution in [2.75, 3.05) is 18.5 Å². The smallest absolute Gasteiger partial charge is 0.193 e. The lowest BCUT2D eigenvalue weighted by Crippen LogP contribution is -2.28. The highest BCUT2D eigenvalue weighted by molar-refractivity contribution is 14.0. The summed E-state index contributed by atoms with van der Waals surface area (Å²) in [5.74, 6) is 0.0942. The summed E-state index contributed by atoms with van der Waals surface area (Å²) in [5, 5.41) is 3.14. The molecule has 0 amide bonds. The van der Waals surface area contributed by atoms with Gasteiger partial charge in [0.1, 0.15) is 6.10 Å². The molecular weight excluding hydrogens is 405 g/mol. The highest BCUT2D eigenvalue weighted by Crippen LogP contribution is 2.39. The van der Waals surface area contributed by atoms with E-state index in [1.165, 1.54) is 24.0 Å². The Hall–Kier alpha value is -0.860. The van der Waals surface area contributed by atoms with Crippen LogP contribution < -0.4 is 11.1 Å². The van der Waals surface area contributed by atoms with Crippen molar-refractivity contribution >= 4 is 35.6 Å². The summed E-state index contributed by atoms with van der Waals surface area (Å²) in [4.78, 5) is 4.39. The van der Waals surface area contributed by atoms with Gasteiger partial charge in [-0.2, -0.15) is 0 Å². The number of rotatable bonds is 3. The third-order valence-corrected chi connectivity index (χ3v) is 4.24. The predicted octanol–water partition coefficient (Wildman–Crippen LogP) is 3.33. The van der Waals surface area contributed by atoms with Crippen LogP contribution in [0.5, 0.6) is 0 Å². The van der Waals surface area contributed by atoms with Crippen molar-refractivity contribution in [3.05, 3.63) is 29.3 Å². The molecule has 3 N–H and O–H groups in total. The number of aliphatic imine (C=N–C) groups is 1. The third-order valence-electron chi connectivity index (χ3n) is 4.24. The van der Waals surface area contributed by atoms with Gasteiger partial charge in [0.05, 0.1) is 13.2 Å². The SMILES string of the molecule is Cc1cc(C)cc(NC(N)=NCC2COC3(CCCC3)O2)c1.I. The van der Waals surface area contributed by atoms with Gasteiger partial charge in [-0.25, -0.2) is 0 Å². The number of benzene rings is 1. The molecule has 2 aliphatic rings. The molecule has 1 spiro atoms. The van der Waals surface area contributed by atoms with Crippen molar-refractivity contribution in [1.82, 2.24) is 0 Å². The van der Waals surface area contributed by atoms with Crippen LogP contribution in [-0.2, 0) is 9.47 Å². The molecule has 1 saturated heterocycles. The van der Waals surface area contributed by atoms with Gasteiger partial charge < -0.3 is 20.5 Å². The van der Waals surface area contributed by atoms with Gasteiger partial charge in [-0.05, 0) is 49.9 Å². The standard InChI is InChI=1S/C17H25N3O2.HI/c1-12-7-13(2)9-14(8-12)20-16(18)19-10-15-11-21-17(22-15)5-3-4-6-17;/h7-9,15H,3-6,10-11H2,1-2H3,(H3,18,19,20);1H. The van der Waals surface area contributed by atoms with Crippen LogP contribution in [0.1, 0.15) is 36.8 Å². The van der Waals surface area contributed by atoms with Gasteiger partial charge in [0, 0.05) is 18.5 Å². The van der Waals surface area contributed by atoms with Crippen molar-refractivity contribution in [3.8, 4) is 0 Å². The highest BCUT2D eigenvalue weighted by Gasteiger charge is 2.43. The van der Waals surface area contributed by atoms with Crippen LogP contribution >= 0.6 is 24.0 Å². The number of halogens is 1. The number of aryl methyl sites for hydroxylation is 2. The minimum Gasteiger partial charge on any atom is -0.370 e. The second-order valence-electron chi connectivity index (χ2n) is 6.40. The normalized spacial score (nSPS) is 23.0. The lowest BCUT2D eigenvalue weighted by Gasteiger charge is -2.21. The van der Waals surface area contributed by atoms with E-state index in [-0.39, 0.29) is 35.9 Å². The van der Waals surface area contributed by atoms with Crippen LogP contribution in [0.15, 0.2) is 23.2 Å². The molecule has 2 fully saturated rings. The molecular formula is C17H26IN3O2. The van der Waals surface area contributed by atoms with E-state index in [4.69, 9.17) is 15.2 Å². The van der Waals surface area contributed by atoms with Crippen molar-refractivity contribution in [2.24, 2.45) is 10.7 Å². The Labute approximate surface area is 155 Å². The maximum Gasteiger partial charge on any atom is 0.193 e. The Balaban J connectivity index is 0.00000192. The molecule has 0 aromatic heterocycles. The number of nitrogens with two attached hydrogens (primary N) is 1. The Morgan fingerprint density at radius 3 is 2.57 bits per heavy atom. The average molecular weight is 431 g/mol. The molecule has 1 atom stereocenters. The fourth-order valence-electron chi connectivity index (χ4n) is 3.32. The van der Waals surface area contributed by atoms with Crippen LogP contribution in [-0.4, -0.2) is 31.0 Å². The number of guanidine groups is 1. The summed E-state index contributed by atoms with van der Waals surface area (Å²) in [5.41, 5.74) is 9.34. The van der Waals surface area contributed by atoms with Gasteiger partial charge in [0.2, 0.25) is 0 Å². The first kappa shape index (κ1) is 18.5. The van der Waals surface area contributed by atoms with Gasteiger partial charge in [-0.1, -0.05) is 6.07 Å². The second-order valence-corrected chi connectivity index (χ2v) is 6.40. The zero-order valence-electron chi connectivity index (χ0n) is 13.8. The Bertz CT molecular complexity index is 551. The number of hydrogen-bond donors (Lipinski definition) is 2. The minimum absolute atomic E-state index is 0. The molecule has 1 aliphatic heterocycles. The fraction of sp³-hybridized carbons (Fsp3) is 0.588. The molecule has 1 aromatic carbocycles. The molecule has 1 saturated carbocycles. The summed E-state index contributed by atoms with van der Waals surface area (Å²) in [6, 6.07) is 6.24. The Kier molecular flexibility index (Phi) is 6.27. The lowest BCUT2D eigenvalue weighted by atomic mass is 10.1.